The van der Waals surface area contributed by atoms with Crippen LogP contribution in [0.2, 0.25) is 4.34 Å². The van der Waals surface area contributed by atoms with Crippen molar-refractivity contribution in [3.8, 4) is 0 Å². The molecule has 0 saturated heterocycles. The number of nitrogens with zero attached hydrogens (tertiary/aromatic N) is 1. The number of carbonyl (C=O) groups is 2. The smallest absolute Gasteiger partial charge is 0.335 e. The van der Waals surface area contributed by atoms with Crippen LogP contribution >= 0.6 is 22.9 Å². The predicted molar refractivity (Wildman–Crippen MR) is 78.1 cm³/mol. The molecule has 4 nitrogen and oxygen atoms in total. The summed E-state index contributed by atoms with van der Waals surface area (Å²) in [6, 6.07) is 8.26. The van der Waals surface area contributed by atoms with E-state index < -0.39 is 5.97 Å². The number of hydrogen-bond donors (Lipinski definition) is 1. The number of hydrogen-bond acceptors (Lipinski definition) is 3. The molecule has 0 unspecified atom stereocenters. The monoisotopic (exact) mass is 307 g/mol. The summed E-state index contributed by atoms with van der Waals surface area (Å²) in [6.45, 7) is 0.562. The fourth-order valence-corrected chi connectivity index (χ4v) is 3.28. The van der Waals surface area contributed by atoms with Gasteiger partial charge in [-0.3, -0.25) is 4.79 Å². The third-order valence-corrected chi connectivity index (χ3v) is 4.48. The Labute approximate surface area is 124 Å². The van der Waals surface area contributed by atoms with Crippen molar-refractivity contribution in [3.63, 3.8) is 0 Å². The van der Waals surface area contributed by atoms with Crippen LogP contribution in [0, 0.1) is 0 Å². The Bertz CT molecular complexity index is 710. The van der Waals surface area contributed by atoms with Gasteiger partial charge in [-0.2, -0.15) is 0 Å². The number of fused-ring (bicyclic) bond motifs is 1. The van der Waals surface area contributed by atoms with E-state index in [1.165, 1.54) is 11.3 Å². The van der Waals surface area contributed by atoms with Gasteiger partial charge < -0.3 is 10.0 Å². The van der Waals surface area contributed by atoms with Gasteiger partial charge in [-0.15, -0.1) is 11.3 Å². The standard InChI is InChI=1S/C14H10ClNO3S/c15-12-4-3-11(20-12)13(17)16-6-5-8-1-2-9(14(18)19)7-10(8)16/h1-4,7H,5-6H2,(H,18,19). The first kappa shape index (κ1) is 13.1. The molecule has 1 aliphatic rings. The van der Waals surface area contributed by atoms with Crippen molar-refractivity contribution in [1.29, 1.82) is 0 Å². The van der Waals surface area contributed by atoms with Crippen LogP contribution in [0.25, 0.3) is 0 Å². The first-order valence-corrected chi connectivity index (χ1v) is 7.19. The van der Waals surface area contributed by atoms with Crippen LogP contribution in [0.5, 0.6) is 0 Å². The molecule has 0 atom stereocenters. The third-order valence-electron chi connectivity index (χ3n) is 3.26. The lowest BCUT2D eigenvalue weighted by molar-refractivity contribution is 0.0696. The van der Waals surface area contributed by atoms with Crippen molar-refractivity contribution in [3.05, 3.63) is 50.7 Å². The zero-order chi connectivity index (χ0) is 14.3. The van der Waals surface area contributed by atoms with Crippen LogP contribution in [0.4, 0.5) is 5.69 Å². The minimum atomic E-state index is -0.994. The summed E-state index contributed by atoms with van der Waals surface area (Å²) < 4.78 is 0.562. The summed E-state index contributed by atoms with van der Waals surface area (Å²) in [5.41, 5.74) is 1.86. The first-order chi connectivity index (χ1) is 9.56. The molecule has 2 heterocycles. The van der Waals surface area contributed by atoms with Gasteiger partial charge in [0.15, 0.2) is 0 Å². The van der Waals surface area contributed by atoms with Gasteiger partial charge in [0.05, 0.1) is 14.8 Å². The molecule has 0 spiro atoms. The fraction of sp³-hybridized carbons (Fsp3) is 0.143. The van der Waals surface area contributed by atoms with Crippen molar-refractivity contribution in [1.82, 2.24) is 0 Å². The molecule has 0 radical (unpaired) electrons. The second-order valence-corrected chi connectivity index (χ2v) is 6.17. The zero-order valence-corrected chi connectivity index (χ0v) is 11.9. The number of anilines is 1. The van der Waals surface area contributed by atoms with Gasteiger partial charge in [0.25, 0.3) is 5.91 Å². The van der Waals surface area contributed by atoms with Crippen LogP contribution in [0.3, 0.4) is 0 Å². The number of thiophene rings is 1. The molecule has 102 valence electrons. The average Bonchev–Trinajstić information content (AvgIpc) is 3.03. The summed E-state index contributed by atoms with van der Waals surface area (Å²) in [5.74, 6) is -1.13. The molecule has 0 aliphatic carbocycles. The van der Waals surface area contributed by atoms with E-state index >= 15 is 0 Å². The molecule has 3 rings (SSSR count). The summed E-state index contributed by atoms with van der Waals surface area (Å²) in [5, 5.41) is 9.04. The van der Waals surface area contributed by atoms with Gasteiger partial charge in [0.2, 0.25) is 0 Å². The molecule has 1 N–H and O–H groups in total. The van der Waals surface area contributed by atoms with E-state index in [1.807, 2.05) is 0 Å². The third kappa shape index (κ3) is 2.19. The van der Waals surface area contributed by atoms with Crippen LogP contribution in [-0.4, -0.2) is 23.5 Å². The van der Waals surface area contributed by atoms with E-state index in [1.54, 1.807) is 35.2 Å². The van der Waals surface area contributed by atoms with Gasteiger partial charge in [0, 0.05) is 12.2 Å². The highest BCUT2D eigenvalue weighted by Crippen LogP contribution is 2.32. The van der Waals surface area contributed by atoms with E-state index in [0.717, 1.165) is 12.0 Å². The molecule has 0 fully saturated rings. The highest BCUT2D eigenvalue weighted by Gasteiger charge is 2.27. The molecule has 2 aromatic rings. The number of aromatic carboxylic acids is 1. The van der Waals surface area contributed by atoms with Gasteiger partial charge in [-0.25, -0.2) is 4.79 Å². The number of halogens is 1. The van der Waals surface area contributed by atoms with Crippen LogP contribution < -0.4 is 4.90 Å². The lowest BCUT2D eigenvalue weighted by atomic mass is 10.1. The van der Waals surface area contributed by atoms with Crippen LogP contribution in [0.1, 0.15) is 25.6 Å². The second kappa shape index (κ2) is 4.92. The summed E-state index contributed by atoms with van der Waals surface area (Å²) in [6.07, 6.45) is 0.736. The second-order valence-electron chi connectivity index (χ2n) is 4.46. The maximum absolute atomic E-state index is 12.4. The largest absolute Gasteiger partial charge is 0.478 e. The number of carbonyl (C=O) groups excluding carboxylic acids is 1. The van der Waals surface area contributed by atoms with Gasteiger partial charge in [0.1, 0.15) is 0 Å². The van der Waals surface area contributed by atoms with Crippen molar-refractivity contribution in [2.75, 3.05) is 11.4 Å². The number of amides is 1. The Morgan fingerprint density at radius 2 is 2.05 bits per heavy atom. The molecule has 1 aliphatic heterocycles. The first-order valence-electron chi connectivity index (χ1n) is 5.99. The van der Waals surface area contributed by atoms with Crippen LogP contribution in [-0.2, 0) is 6.42 Å². The number of rotatable bonds is 2. The molecular formula is C14H10ClNO3S. The van der Waals surface area contributed by atoms with Crippen molar-refractivity contribution in [2.45, 2.75) is 6.42 Å². The Balaban J connectivity index is 1.97. The Hall–Kier alpha value is -1.85. The number of benzene rings is 1. The molecule has 0 bridgehead atoms. The topological polar surface area (TPSA) is 57.6 Å². The quantitative estimate of drug-likeness (QED) is 0.926. The molecule has 20 heavy (non-hydrogen) atoms. The molecular weight excluding hydrogens is 298 g/mol. The zero-order valence-electron chi connectivity index (χ0n) is 10.3. The molecule has 1 aromatic heterocycles. The molecule has 1 amide bonds. The minimum Gasteiger partial charge on any atom is -0.478 e. The van der Waals surface area contributed by atoms with Crippen molar-refractivity contribution in [2.24, 2.45) is 0 Å². The minimum absolute atomic E-state index is 0.136. The Morgan fingerprint density at radius 1 is 1.25 bits per heavy atom. The normalized spacial score (nSPS) is 13.3. The fourth-order valence-electron chi connectivity index (χ4n) is 2.29. The number of carboxylic acids is 1. The Kier molecular flexibility index (Phi) is 3.23. The Morgan fingerprint density at radius 3 is 2.70 bits per heavy atom. The van der Waals surface area contributed by atoms with Gasteiger partial charge >= 0.3 is 5.97 Å². The lowest BCUT2D eigenvalue weighted by Crippen LogP contribution is -2.28. The highest BCUT2D eigenvalue weighted by molar-refractivity contribution is 7.18. The van der Waals surface area contributed by atoms with E-state index in [4.69, 9.17) is 16.7 Å². The van der Waals surface area contributed by atoms with Crippen molar-refractivity contribution < 1.29 is 14.7 Å². The maximum Gasteiger partial charge on any atom is 0.335 e. The van der Waals surface area contributed by atoms with Crippen molar-refractivity contribution >= 4 is 40.5 Å². The predicted octanol–water partition coefficient (Wildman–Crippen LogP) is 3.30. The SMILES string of the molecule is O=C(O)c1ccc2c(c1)N(C(=O)c1ccc(Cl)s1)CC2. The molecule has 6 heteroatoms. The molecule has 0 saturated carbocycles. The lowest BCUT2D eigenvalue weighted by Gasteiger charge is -2.16. The van der Waals surface area contributed by atoms with Crippen LogP contribution in [0.15, 0.2) is 30.3 Å². The van der Waals surface area contributed by atoms with E-state index in [0.29, 0.717) is 21.4 Å². The average molecular weight is 308 g/mol. The van der Waals surface area contributed by atoms with E-state index in [-0.39, 0.29) is 11.5 Å². The van der Waals surface area contributed by atoms with E-state index in [2.05, 4.69) is 0 Å². The summed E-state index contributed by atoms with van der Waals surface area (Å²) in [7, 11) is 0. The number of carboxylic acid groups (broad SMARTS) is 1. The van der Waals surface area contributed by atoms with E-state index in [9.17, 15) is 9.59 Å². The summed E-state index contributed by atoms with van der Waals surface area (Å²) in [4.78, 5) is 25.6. The molecule has 1 aromatic carbocycles. The van der Waals surface area contributed by atoms with Gasteiger partial charge in [-0.05, 0) is 36.2 Å². The maximum atomic E-state index is 12.4. The van der Waals surface area contributed by atoms with Gasteiger partial charge in [-0.1, -0.05) is 17.7 Å². The highest BCUT2D eigenvalue weighted by atomic mass is 35.5. The summed E-state index contributed by atoms with van der Waals surface area (Å²) >= 11 is 7.07.